The number of piperidine rings is 1. The van der Waals surface area contributed by atoms with Gasteiger partial charge < -0.3 is 14.2 Å². The monoisotopic (exact) mass is 375 g/mol. The number of amides is 1. The summed E-state index contributed by atoms with van der Waals surface area (Å²) in [5.74, 6) is -0.133. The van der Waals surface area contributed by atoms with Crippen LogP contribution in [0.15, 0.2) is 28.8 Å². The van der Waals surface area contributed by atoms with Gasteiger partial charge in [-0.3, -0.25) is 9.59 Å². The smallest absolute Gasteiger partial charge is 0.306 e. The standard InChI is InChI=1S/C19H22FN3O4/c1-2-26-17(25)11-10-16(24)23-12-4-3-5-15(23)19-21-18(22-27-19)13-6-8-14(20)9-7-13/h6-9,15H,2-5,10-12H2,1H3. The van der Waals surface area contributed by atoms with E-state index in [1.165, 1.54) is 12.1 Å². The molecule has 1 fully saturated rings. The molecule has 1 amide bonds. The van der Waals surface area contributed by atoms with Gasteiger partial charge in [0.15, 0.2) is 0 Å². The van der Waals surface area contributed by atoms with E-state index in [1.807, 2.05) is 0 Å². The third-order valence-electron chi connectivity index (χ3n) is 4.50. The Labute approximate surface area is 156 Å². The normalized spacial score (nSPS) is 17.0. The second-order valence-corrected chi connectivity index (χ2v) is 6.37. The van der Waals surface area contributed by atoms with Gasteiger partial charge in [-0.15, -0.1) is 0 Å². The molecule has 144 valence electrons. The third kappa shape index (κ3) is 4.69. The van der Waals surface area contributed by atoms with Crippen LogP contribution < -0.4 is 0 Å². The van der Waals surface area contributed by atoms with E-state index in [9.17, 15) is 14.0 Å². The fraction of sp³-hybridized carbons (Fsp3) is 0.474. The van der Waals surface area contributed by atoms with E-state index in [0.717, 1.165) is 19.3 Å². The summed E-state index contributed by atoms with van der Waals surface area (Å²) in [5, 5.41) is 3.96. The summed E-state index contributed by atoms with van der Waals surface area (Å²) in [7, 11) is 0. The minimum atomic E-state index is -0.379. The minimum Gasteiger partial charge on any atom is -0.466 e. The molecule has 0 N–H and O–H groups in total. The number of halogens is 1. The molecule has 27 heavy (non-hydrogen) atoms. The average Bonchev–Trinajstić information content (AvgIpc) is 3.17. The largest absolute Gasteiger partial charge is 0.466 e. The third-order valence-corrected chi connectivity index (χ3v) is 4.50. The molecule has 7 nitrogen and oxygen atoms in total. The molecule has 0 aliphatic carbocycles. The molecule has 3 rings (SSSR count). The van der Waals surface area contributed by atoms with Crippen LogP contribution in [0.3, 0.4) is 0 Å². The summed E-state index contributed by atoms with van der Waals surface area (Å²) in [6, 6.07) is 5.50. The molecule has 2 aromatic rings. The number of aromatic nitrogens is 2. The first kappa shape index (κ1) is 19.0. The number of benzene rings is 1. The first-order valence-electron chi connectivity index (χ1n) is 9.13. The number of hydrogen-bond donors (Lipinski definition) is 0. The SMILES string of the molecule is CCOC(=O)CCC(=O)N1CCCCC1c1nc(-c2ccc(F)cc2)no1. The molecule has 1 saturated heterocycles. The lowest BCUT2D eigenvalue weighted by molar-refractivity contribution is -0.146. The fourth-order valence-corrected chi connectivity index (χ4v) is 3.16. The Morgan fingerprint density at radius 3 is 2.78 bits per heavy atom. The van der Waals surface area contributed by atoms with Crippen molar-refractivity contribution >= 4 is 11.9 Å². The number of hydrogen-bond acceptors (Lipinski definition) is 6. The van der Waals surface area contributed by atoms with Crippen molar-refractivity contribution in [3.05, 3.63) is 36.0 Å². The summed E-state index contributed by atoms with van der Waals surface area (Å²) in [5.41, 5.74) is 0.641. The van der Waals surface area contributed by atoms with E-state index < -0.39 is 0 Å². The minimum absolute atomic E-state index is 0.0561. The molecular weight excluding hydrogens is 353 g/mol. The molecule has 8 heteroatoms. The Morgan fingerprint density at radius 1 is 1.26 bits per heavy atom. The molecule has 1 atom stereocenters. The molecule has 0 saturated carbocycles. The Kier molecular flexibility index (Phi) is 6.16. The van der Waals surface area contributed by atoms with Gasteiger partial charge in [0.25, 0.3) is 0 Å². The second kappa shape index (κ2) is 8.75. The summed E-state index contributed by atoms with van der Waals surface area (Å²) in [6.45, 7) is 2.61. The zero-order valence-electron chi connectivity index (χ0n) is 15.2. The first-order chi connectivity index (χ1) is 13.1. The Morgan fingerprint density at radius 2 is 2.04 bits per heavy atom. The first-order valence-corrected chi connectivity index (χ1v) is 9.13. The van der Waals surface area contributed by atoms with Gasteiger partial charge in [-0.25, -0.2) is 4.39 Å². The van der Waals surface area contributed by atoms with E-state index in [4.69, 9.17) is 9.26 Å². The van der Waals surface area contributed by atoms with Gasteiger partial charge >= 0.3 is 5.97 Å². The van der Waals surface area contributed by atoms with Crippen molar-refractivity contribution in [1.29, 1.82) is 0 Å². The van der Waals surface area contributed by atoms with Crippen molar-refractivity contribution in [1.82, 2.24) is 15.0 Å². The molecule has 1 aromatic heterocycles. The van der Waals surface area contributed by atoms with Crippen LogP contribution in [0.25, 0.3) is 11.4 Å². The molecule has 0 spiro atoms. The van der Waals surface area contributed by atoms with Crippen LogP contribution in [0.1, 0.15) is 51.0 Å². The highest BCUT2D eigenvalue weighted by atomic mass is 19.1. The van der Waals surface area contributed by atoms with Crippen molar-refractivity contribution in [2.75, 3.05) is 13.2 Å². The predicted molar refractivity (Wildman–Crippen MR) is 93.9 cm³/mol. The van der Waals surface area contributed by atoms with Crippen LogP contribution in [0.5, 0.6) is 0 Å². The van der Waals surface area contributed by atoms with Crippen LogP contribution >= 0.6 is 0 Å². The van der Waals surface area contributed by atoms with Crippen LogP contribution in [0.4, 0.5) is 4.39 Å². The van der Waals surface area contributed by atoms with E-state index >= 15 is 0 Å². The number of nitrogens with zero attached hydrogens (tertiary/aromatic N) is 3. The highest BCUT2D eigenvalue weighted by Crippen LogP contribution is 2.31. The van der Waals surface area contributed by atoms with Crippen molar-refractivity contribution in [2.45, 2.75) is 45.1 Å². The number of ether oxygens (including phenoxy) is 1. The summed E-state index contributed by atoms with van der Waals surface area (Å²) in [4.78, 5) is 30.2. The predicted octanol–water partition coefficient (Wildman–Crippen LogP) is 3.27. The topological polar surface area (TPSA) is 85.5 Å². The maximum atomic E-state index is 13.1. The van der Waals surface area contributed by atoms with E-state index in [0.29, 0.717) is 30.4 Å². The number of carbonyl (C=O) groups excluding carboxylic acids is 2. The molecule has 1 aromatic carbocycles. The van der Waals surface area contributed by atoms with Gasteiger partial charge in [0, 0.05) is 18.5 Å². The van der Waals surface area contributed by atoms with E-state index in [2.05, 4.69) is 10.1 Å². The maximum Gasteiger partial charge on any atom is 0.306 e. The summed E-state index contributed by atoms with van der Waals surface area (Å²) < 4.78 is 23.3. The molecule has 1 aliphatic rings. The van der Waals surface area contributed by atoms with E-state index in [-0.39, 0.29) is 36.6 Å². The average molecular weight is 375 g/mol. The molecule has 0 radical (unpaired) electrons. The van der Waals surface area contributed by atoms with Gasteiger partial charge in [-0.05, 0) is 50.5 Å². The molecular formula is C19H22FN3O4. The van der Waals surface area contributed by atoms with Crippen LogP contribution in [-0.2, 0) is 14.3 Å². The van der Waals surface area contributed by atoms with Gasteiger partial charge in [0.1, 0.15) is 11.9 Å². The number of esters is 1. The van der Waals surface area contributed by atoms with Gasteiger partial charge in [0.05, 0.1) is 13.0 Å². The van der Waals surface area contributed by atoms with Gasteiger partial charge in [-0.1, -0.05) is 5.16 Å². The summed E-state index contributed by atoms with van der Waals surface area (Å²) in [6.07, 6.45) is 2.70. The highest BCUT2D eigenvalue weighted by Gasteiger charge is 2.32. The fourth-order valence-electron chi connectivity index (χ4n) is 3.16. The number of carbonyl (C=O) groups is 2. The lowest BCUT2D eigenvalue weighted by Gasteiger charge is -2.33. The van der Waals surface area contributed by atoms with E-state index in [1.54, 1.807) is 24.0 Å². The maximum absolute atomic E-state index is 13.1. The van der Waals surface area contributed by atoms with Crippen LogP contribution in [-0.4, -0.2) is 40.1 Å². The van der Waals surface area contributed by atoms with Crippen molar-refractivity contribution < 1.29 is 23.2 Å². The Hall–Kier alpha value is -2.77. The molecule has 1 aliphatic heterocycles. The van der Waals surface area contributed by atoms with Gasteiger partial charge in [-0.2, -0.15) is 4.98 Å². The van der Waals surface area contributed by atoms with Crippen molar-refractivity contribution in [3.8, 4) is 11.4 Å². The lowest BCUT2D eigenvalue weighted by atomic mass is 10.0. The van der Waals surface area contributed by atoms with Crippen LogP contribution in [0, 0.1) is 5.82 Å². The van der Waals surface area contributed by atoms with Crippen molar-refractivity contribution in [3.63, 3.8) is 0 Å². The number of rotatable bonds is 6. The van der Waals surface area contributed by atoms with Crippen molar-refractivity contribution in [2.24, 2.45) is 0 Å². The Balaban J connectivity index is 1.71. The van der Waals surface area contributed by atoms with Gasteiger partial charge in [0.2, 0.25) is 17.6 Å². The molecule has 0 bridgehead atoms. The quantitative estimate of drug-likeness (QED) is 0.721. The number of likely N-dealkylation sites (tertiary alicyclic amines) is 1. The highest BCUT2D eigenvalue weighted by molar-refractivity contribution is 5.81. The molecule has 2 heterocycles. The molecule has 1 unspecified atom stereocenters. The second-order valence-electron chi connectivity index (χ2n) is 6.37. The zero-order valence-corrected chi connectivity index (χ0v) is 15.2. The lowest BCUT2D eigenvalue weighted by Crippen LogP contribution is -2.38. The zero-order chi connectivity index (χ0) is 19.2. The van der Waals surface area contributed by atoms with Crippen LogP contribution in [0.2, 0.25) is 0 Å². The summed E-state index contributed by atoms with van der Waals surface area (Å²) >= 11 is 0. The Bertz CT molecular complexity index is 791.